The van der Waals surface area contributed by atoms with E-state index < -0.39 is 0 Å². The Balaban J connectivity index is 1.21. The molecule has 1 unspecified atom stereocenters. The number of benzene rings is 1. The molecule has 0 saturated carbocycles. The van der Waals surface area contributed by atoms with E-state index in [0.717, 1.165) is 52.8 Å². The number of carbonyl (C=O) groups is 1. The van der Waals surface area contributed by atoms with E-state index in [2.05, 4.69) is 48.4 Å². The van der Waals surface area contributed by atoms with Crippen LogP contribution in [0.15, 0.2) is 41.8 Å². The number of fused-ring (bicyclic) bond motifs is 7. The van der Waals surface area contributed by atoms with Crippen LogP contribution < -0.4 is 5.32 Å². The number of nitrogens with one attached hydrogen (secondary N) is 1. The Bertz CT molecular complexity index is 1640. The lowest BCUT2D eigenvalue weighted by atomic mass is 9.87. The number of carbonyl (C=O) groups excluding carboxylic acids is 1. The molecule has 7 nitrogen and oxygen atoms in total. The number of amides is 1. The van der Waals surface area contributed by atoms with Gasteiger partial charge in [0.2, 0.25) is 5.91 Å². The third kappa shape index (κ3) is 5.39. The number of thioether (sulfide) groups is 1. The first-order valence-corrected chi connectivity index (χ1v) is 15.7. The van der Waals surface area contributed by atoms with E-state index in [-0.39, 0.29) is 17.7 Å². The summed E-state index contributed by atoms with van der Waals surface area (Å²) < 4.78 is 2.93. The minimum Gasteiger partial charge on any atom is -0.353 e. The van der Waals surface area contributed by atoms with Gasteiger partial charge in [-0.05, 0) is 74.5 Å². The van der Waals surface area contributed by atoms with Gasteiger partial charge in [-0.15, -0.1) is 21.5 Å². The molecule has 39 heavy (non-hydrogen) atoms. The number of hydrogen-bond donors (Lipinski definition) is 1. The van der Waals surface area contributed by atoms with Gasteiger partial charge in [-0.3, -0.25) is 9.20 Å². The van der Waals surface area contributed by atoms with Gasteiger partial charge in [0.15, 0.2) is 10.8 Å². The fraction of sp³-hybridized carbons (Fsp3) is 0.433. The maximum absolute atomic E-state index is 12.7. The Labute approximate surface area is 236 Å². The van der Waals surface area contributed by atoms with Crippen molar-refractivity contribution in [2.75, 3.05) is 5.75 Å². The van der Waals surface area contributed by atoms with Crippen LogP contribution >= 0.6 is 23.1 Å². The Morgan fingerprint density at radius 2 is 1.90 bits per heavy atom. The van der Waals surface area contributed by atoms with Crippen LogP contribution in [0.3, 0.4) is 0 Å². The fourth-order valence-corrected chi connectivity index (χ4v) is 7.45. The van der Waals surface area contributed by atoms with Gasteiger partial charge in [0.05, 0.1) is 11.3 Å². The zero-order chi connectivity index (χ0) is 26.9. The van der Waals surface area contributed by atoms with Gasteiger partial charge >= 0.3 is 0 Å². The van der Waals surface area contributed by atoms with Gasteiger partial charge in [-0.1, -0.05) is 55.9 Å². The van der Waals surface area contributed by atoms with Crippen LogP contribution in [0.5, 0.6) is 0 Å². The molecule has 1 aliphatic rings. The van der Waals surface area contributed by atoms with E-state index in [4.69, 9.17) is 9.97 Å². The first kappa shape index (κ1) is 26.2. The fourth-order valence-electron chi connectivity index (χ4n) is 5.58. The summed E-state index contributed by atoms with van der Waals surface area (Å²) in [6.07, 6.45) is 9.30. The molecule has 202 valence electrons. The zero-order valence-corrected chi connectivity index (χ0v) is 24.4. The summed E-state index contributed by atoms with van der Waals surface area (Å²) in [6, 6.07) is 10.5. The summed E-state index contributed by atoms with van der Waals surface area (Å²) >= 11 is 3.06. The highest BCUT2D eigenvalue weighted by Crippen LogP contribution is 2.40. The molecule has 0 radical (unpaired) electrons. The quantitative estimate of drug-likeness (QED) is 0.217. The zero-order valence-electron chi connectivity index (χ0n) is 22.7. The predicted molar refractivity (Wildman–Crippen MR) is 160 cm³/mol. The molecule has 1 aliphatic carbocycles. The predicted octanol–water partition coefficient (Wildman–Crippen LogP) is 6.19. The molecule has 0 saturated heterocycles. The van der Waals surface area contributed by atoms with E-state index >= 15 is 0 Å². The Kier molecular flexibility index (Phi) is 7.53. The first-order chi connectivity index (χ1) is 19.0. The molecule has 0 aliphatic heterocycles. The summed E-state index contributed by atoms with van der Waals surface area (Å²) in [4.78, 5) is 23.8. The minimum atomic E-state index is 0.00159. The number of aromatic nitrogens is 5. The topological polar surface area (TPSA) is 85.1 Å². The Morgan fingerprint density at radius 1 is 1.10 bits per heavy atom. The van der Waals surface area contributed by atoms with Crippen LogP contribution in [-0.4, -0.2) is 42.3 Å². The third-order valence-corrected chi connectivity index (χ3v) is 9.45. The lowest BCUT2D eigenvalue weighted by Gasteiger charge is -2.20. The number of nitrogens with zero attached hydrogens (tertiary/aromatic N) is 5. The monoisotopic (exact) mass is 558 g/mol. The number of hydrogen-bond acceptors (Lipinski definition) is 7. The van der Waals surface area contributed by atoms with Gasteiger partial charge in [0.1, 0.15) is 15.9 Å². The van der Waals surface area contributed by atoms with Gasteiger partial charge in [-0.25, -0.2) is 9.97 Å². The lowest BCUT2D eigenvalue weighted by Crippen LogP contribution is -2.34. The molecule has 4 aromatic heterocycles. The Hall–Kier alpha value is -3.04. The van der Waals surface area contributed by atoms with Crippen LogP contribution in [0.1, 0.15) is 62.4 Å². The molecule has 9 heteroatoms. The van der Waals surface area contributed by atoms with E-state index in [0.29, 0.717) is 11.1 Å². The molecule has 6 rings (SSSR count). The molecular formula is C30H34N6OS2. The van der Waals surface area contributed by atoms with Crippen molar-refractivity contribution >= 4 is 55.1 Å². The second kappa shape index (κ2) is 11.2. The van der Waals surface area contributed by atoms with Crippen molar-refractivity contribution in [3.8, 4) is 0 Å². The largest absolute Gasteiger partial charge is 0.353 e. The molecule has 0 bridgehead atoms. The Morgan fingerprint density at radius 3 is 2.69 bits per heavy atom. The summed E-state index contributed by atoms with van der Waals surface area (Å²) in [5, 5.41) is 14.0. The van der Waals surface area contributed by atoms with Crippen molar-refractivity contribution in [1.82, 2.24) is 29.9 Å². The van der Waals surface area contributed by atoms with Crippen molar-refractivity contribution < 1.29 is 4.79 Å². The second-order valence-corrected chi connectivity index (χ2v) is 12.9. The van der Waals surface area contributed by atoms with Crippen LogP contribution in [0.4, 0.5) is 0 Å². The normalized spacial score (nSPS) is 14.4. The molecule has 1 amide bonds. The molecule has 1 N–H and O–H groups in total. The van der Waals surface area contributed by atoms with Crippen molar-refractivity contribution in [3.63, 3.8) is 0 Å². The van der Waals surface area contributed by atoms with Gasteiger partial charge in [0, 0.05) is 17.1 Å². The van der Waals surface area contributed by atoms with E-state index in [1.807, 2.05) is 28.9 Å². The van der Waals surface area contributed by atoms with Crippen molar-refractivity contribution in [1.29, 1.82) is 0 Å². The van der Waals surface area contributed by atoms with Crippen LogP contribution in [0.2, 0.25) is 0 Å². The van der Waals surface area contributed by atoms with Gasteiger partial charge in [0.25, 0.3) is 0 Å². The SMILES string of the molecule is CC(C)Cc1nc2sc3c(ncn4c(SCC(=O)NC(C)CCc5ccccc5)nnc34)c2c2c1CCCC2. The van der Waals surface area contributed by atoms with Crippen molar-refractivity contribution in [3.05, 3.63) is 59.0 Å². The number of thiophene rings is 1. The molecule has 0 fully saturated rings. The number of aryl methyl sites for hydroxylation is 2. The van der Waals surface area contributed by atoms with Crippen LogP contribution in [-0.2, 0) is 30.5 Å². The highest BCUT2D eigenvalue weighted by Gasteiger charge is 2.24. The number of pyridine rings is 1. The summed E-state index contributed by atoms with van der Waals surface area (Å²) in [7, 11) is 0. The van der Waals surface area contributed by atoms with Crippen molar-refractivity contribution in [2.24, 2.45) is 5.92 Å². The first-order valence-electron chi connectivity index (χ1n) is 13.9. The highest BCUT2D eigenvalue weighted by molar-refractivity contribution is 7.99. The summed E-state index contributed by atoms with van der Waals surface area (Å²) in [5.74, 6) is 0.858. The minimum absolute atomic E-state index is 0.00159. The van der Waals surface area contributed by atoms with Gasteiger partial charge < -0.3 is 5.32 Å². The van der Waals surface area contributed by atoms with E-state index in [9.17, 15) is 4.79 Å². The molecular weight excluding hydrogens is 525 g/mol. The average Bonchev–Trinajstić information content (AvgIpc) is 3.52. The molecule has 5 aromatic rings. The standard InChI is InChI=1S/C30H34N6OS2/c1-18(2)15-23-21-11-7-8-12-22(21)25-26-27(39-29(25)33-23)28-34-35-30(36(28)17-31-26)38-16-24(37)32-19(3)13-14-20-9-5-4-6-10-20/h4-6,9-10,17-19H,7-8,11-16H2,1-3H3,(H,32,37). The van der Waals surface area contributed by atoms with Crippen molar-refractivity contribution in [2.45, 2.75) is 76.9 Å². The van der Waals surface area contributed by atoms with Crippen LogP contribution in [0.25, 0.3) is 26.1 Å². The molecule has 0 spiro atoms. The third-order valence-electron chi connectivity index (χ3n) is 7.44. The maximum Gasteiger partial charge on any atom is 0.230 e. The van der Waals surface area contributed by atoms with Crippen LogP contribution in [0, 0.1) is 5.92 Å². The number of rotatable bonds is 9. The molecule has 1 aromatic carbocycles. The average molecular weight is 559 g/mol. The van der Waals surface area contributed by atoms with E-state index in [1.165, 1.54) is 52.4 Å². The molecule has 4 heterocycles. The summed E-state index contributed by atoms with van der Waals surface area (Å²) in [6.45, 7) is 6.58. The summed E-state index contributed by atoms with van der Waals surface area (Å²) in [5.41, 5.74) is 7.21. The maximum atomic E-state index is 12.7. The lowest BCUT2D eigenvalue weighted by molar-refractivity contribution is -0.119. The highest BCUT2D eigenvalue weighted by atomic mass is 32.2. The second-order valence-electron chi connectivity index (χ2n) is 11.0. The smallest absolute Gasteiger partial charge is 0.230 e. The van der Waals surface area contributed by atoms with E-state index in [1.54, 1.807) is 11.3 Å². The van der Waals surface area contributed by atoms with Gasteiger partial charge in [-0.2, -0.15) is 0 Å². The molecule has 1 atom stereocenters.